The molecule has 1 aromatic carbocycles. The van der Waals surface area contributed by atoms with Crippen LogP contribution in [0.5, 0.6) is 11.5 Å². The molecule has 1 aromatic heterocycles. The lowest BCUT2D eigenvalue weighted by Crippen LogP contribution is -2.43. The first-order valence-electron chi connectivity index (χ1n) is 9.49. The zero-order chi connectivity index (χ0) is 19.9. The molecule has 2 aromatic rings. The van der Waals surface area contributed by atoms with Gasteiger partial charge in [0, 0.05) is 31.4 Å². The smallest absolute Gasteiger partial charge is 0.254 e. The van der Waals surface area contributed by atoms with Crippen LogP contribution in [0, 0.1) is 5.92 Å². The lowest BCUT2D eigenvalue weighted by atomic mass is 9.97. The number of rotatable bonds is 7. The van der Waals surface area contributed by atoms with Gasteiger partial charge < -0.3 is 19.7 Å². The van der Waals surface area contributed by atoms with Crippen LogP contribution in [0.4, 0.5) is 0 Å². The summed E-state index contributed by atoms with van der Waals surface area (Å²) in [4.78, 5) is 26.8. The maximum atomic E-state index is 12.9. The Morgan fingerprint density at radius 2 is 2.18 bits per heavy atom. The molecule has 28 heavy (non-hydrogen) atoms. The van der Waals surface area contributed by atoms with Gasteiger partial charge in [0.1, 0.15) is 0 Å². The highest BCUT2D eigenvalue weighted by atomic mass is 16.5. The van der Waals surface area contributed by atoms with Crippen LogP contribution in [0.3, 0.4) is 0 Å². The number of likely N-dealkylation sites (tertiary alicyclic amines) is 1. The van der Waals surface area contributed by atoms with Crippen LogP contribution in [0.1, 0.15) is 40.5 Å². The average molecular weight is 386 g/mol. The SMILES string of the molecule is CCOc1ccc(C(=O)N2CCCC(CNC(=O)c3cn[nH]c3)C2)cc1OC. The summed E-state index contributed by atoms with van der Waals surface area (Å²) in [7, 11) is 1.56. The molecule has 0 spiro atoms. The van der Waals surface area contributed by atoms with Gasteiger partial charge >= 0.3 is 0 Å². The van der Waals surface area contributed by atoms with Gasteiger partial charge in [0.15, 0.2) is 11.5 Å². The minimum absolute atomic E-state index is 0.0350. The fraction of sp³-hybridized carbons (Fsp3) is 0.450. The molecular weight excluding hydrogens is 360 g/mol. The van der Waals surface area contributed by atoms with Crippen molar-refractivity contribution in [3.05, 3.63) is 41.7 Å². The summed E-state index contributed by atoms with van der Waals surface area (Å²) < 4.78 is 10.9. The van der Waals surface area contributed by atoms with Gasteiger partial charge in [0.25, 0.3) is 11.8 Å². The summed E-state index contributed by atoms with van der Waals surface area (Å²) in [6, 6.07) is 5.25. The first-order valence-corrected chi connectivity index (χ1v) is 9.49. The summed E-state index contributed by atoms with van der Waals surface area (Å²) in [5.41, 5.74) is 1.08. The van der Waals surface area contributed by atoms with E-state index in [2.05, 4.69) is 15.5 Å². The van der Waals surface area contributed by atoms with E-state index in [1.54, 1.807) is 31.5 Å². The Hall–Kier alpha value is -3.03. The molecule has 0 bridgehead atoms. The Balaban J connectivity index is 1.60. The van der Waals surface area contributed by atoms with Crippen molar-refractivity contribution in [2.24, 2.45) is 5.92 Å². The number of benzene rings is 1. The second kappa shape index (κ2) is 9.25. The molecule has 8 nitrogen and oxygen atoms in total. The molecule has 150 valence electrons. The molecule has 2 heterocycles. The fourth-order valence-electron chi connectivity index (χ4n) is 3.39. The van der Waals surface area contributed by atoms with Crippen LogP contribution in [0.2, 0.25) is 0 Å². The Kier molecular flexibility index (Phi) is 6.52. The number of piperidine rings is 1. The molecule has 1 aliphatic heterocycles. The molecule has 1 aliphatic rings. The van der Waals surface area contributed by atoms with E-state index < -0.39 is 0 Å². The van der Waals surface area contributed by atoms with Crippen molar-refractivity contribution in [1.29, 1.82) is 0 Å². The summed E-state index contributed by atoms with van der Waals surface area (Å²) in [5, 5.41) is 9.33. The van der Waals surface area contributed by atoms with Gasteiger partial charge in [-0.3, -0.25) is 14.7 Å². The highest BCUT2D eigenvalue weighted by molar-refractivity contribution is 5.95. The van der Waals surface area contributed by atoms with Gasteiger partial charge in [0.2, 0.25) is 0 Å². The second-order valence-electron chi connectivity index (χ2n) is 6.76. The lowest BCUT2D eigenvalue weighted by molar-refractivity contribution is 0.0670. The van der Waals surface area contributed by atoms with Gasteiger partial charge in [0.05, 0.1) is 25.5 Å². The number of H-pyrrole nitrogens is 1. The Labute approximate surface area is 164 Å². The summed E-state index contributed by atoms with van der Waals surface area (Å²) >= 11 is 0. The quantitative estimate of drug-likeness (QED) is 0.760. The summed E-state index contributed by atoms with van der Waals surface area (Å²) in [6.07, 6.45) is 4.94. The molecule has 0 radical (unpaired) electrons. The van der Waals surface area contributed by atoms with E-state index in [4.69, 9.17) is 9.47 Å². The molecule has 0 aliphatic carbocycles. The third-order valence-corrected chi connectivity index (χ3v) is 4.83. The normalized spacial score (nSPS) is 16.5. The first-order chi connectivity index (χ1) is 13.6. The van der Waals surface area contributed by atoms with E-state index in [1.165, 1.54) is 6.20 Å². The predicted octanol–water partition coefficient (Wildman–Crippen LogP) is 2.10. The standard InChI is InChI=1S/C20H26N4O4/c1-3-28-17-7-6-15(9-18(17)27-2)20(26)24-8-4-5-14(13-24)10-21-19(25)16-11-22-23-12-16/h6-7,9,11-12,14H,3-5,8,10,13H2,1-2H3,(H,21,25)(H,22,23). The van der Waals surface area contributed by atoms with Crippen molar-refractivity contribution in [2.45, 2.75) is 19.8 Å². The van der Waals surface area contributed by atoms with Crippen molar-refractivity contribution < 1.29 is 19.1 Å². The molecular formula is C20H26N4O4. The van der Waals surface area contributed by atoms with Crippen LogP contribution in [-0.2, 0) is 0 Å². The maximum Gasteiger partial charge on any atom is 0.254 e. The van der Waals surface area contributed by atoms with Crippen LogP contribution in [-0.4, -0.2) is 60.3 Å². The number of hydrogen-bond acceptors (Lipinski definition) is 5. The monoisotopic (exact) mass is 386 g/mol. The van der Waals surface area contributed by atoms with Crippen LogP contribution >= 0.6 is 0 Å². The van der Waals surface area contributed by atoms with Gasteiger partial charge in [-0.25, -0.2) is 0 Å². The van der Waals surface area contributed by atoms with Gasteiger partial charge in [-0.05, 0) is 43.9 Å². The maximum absolute atomic E-state index is 12.9. The summed E-state index contributed by atoms with van der Waals surface area (Å²) in [6.45, 7) is 4.28. The number of carbonyl (C=O) groups excluding carboxylic acids is 2. The number of amides is 2. The van der Waals surface area contributed by atoms with Crippen LogP contribution in [0.25, 0.3) is 0 Å². The molecule has 8 heteroatoms. The third kappa shape index (κ3) is 4.62. The number of ether oxygens (including phenoxy) is 2. The Morgan fingerprint density at radius 3 is 2.89 bits per heavy atom. The number of aromatic nitrogens is 2. The lowest BCUT2D eigenvalue weighted by Gasteiger charge is -2.33. The molecule has 1 unspecified atom stereocenters. The van der Waals surface area contributed by atoms with Gasteiger partial charge in [-0.1, -0.05) is 0 Å². The van der Waals surface area contributed by atoms with E-state index in [-0.39, 0.29) is 17.7 Å². The fourth-order valence-corrected chi connectivity index (χ4v) is 3.39. The summed E-state index contributed by atoms with van der Waals surface area (Å²) in [5.74, 6) is 1.20. The number of methoxy groups -OCH3 is 1. The minimum atomic E-state index is -0.159. The van der Waals surface area contributed by atoms with Crippen LogP contribution in [0.15, 0.2) is 30.6 Å². The van der Waals surface area contributed by atoms with E-state index in [0.29, 0.717) is 48.9 Å². The van der Waals surface area contributed by atoms with E-state index in [1.807, 2.05) is 11.8 Å². The van der Waals surface area contributed by atoms with Crippen LogP contribution < -0.4 is 14.8 Å². The number of nitrogens with zero attached hydrogens (tertiary/aromatic N) is 2. The number of aromatic amines is 1. The van der Waals surface area contributed by atoms with Crippen molar-refractivity contribution in [3.63, 3.8) is 0 Å². The molecule has 1 saturated heterocycles. The Bertz CT molecular complexity index is 807. The van der Waals surface area contributed by atoms with Gasteiger partial charge in [-0.2, -0.15) is 5.10 Å². The van der Waals surface area contributed by atoms with Crippen molar-refractivity contribution >= 4 is 11.8 Å². The van der Waals surface area contributed by atoms with E-state index in [9.17, 15) is 9.59 Å². The number of nitrogens with one attached hydrogen (secondary N) is 2. The van der Waals surface area contributed by atoms with Crippen molar-refractivity contribution in [2.75, 3.05) is 33.4 Å². The first kappa shape index (κ1) is 19.7. The second-order valence-corrected chi connectivity index (χ2v) is 6.76. The Morgan fingerprint density at radius 1 is 1.32 bits per heavy atom. The zero-order valence-electron chi connectivity index (χ0n) is 16.2. The molecule has 1 fully saturated rings. The van der Waals surface area contributed by atoms with E-state index in [0.717, 1.165) is 12.8 Å². The minimum Gasteiger partial charge on any atom is -0.493 e. The topological polar surface area (TPSA) is 96.5 Å². The van der Waals surface area contributed by atoms with Crippen molar-refractivity contribution in [3.8, 4) is 11.5 Å². The number of carbonyl (C=O) groups is 2. The molecule has 1 atom stereocenters. The largest absolute Gasteiger partial charge is 0.493 e. The highest BCUT2D eigenvalue weighted by Crippen LogP contribution is 2.29. The van der Waals surface area contributed by atoms with E-state index >= 15 is 0 Å². The molecule has 0 saturated carbocycles. The predicted molar refractivity (Wildman–Crippen MR) is 104 cm³/mol. The molecule has 2 amide bonds. The third-order valence-electron chi connectivity index (χ3n) is 4.83. The average Bonchev–Trinajstić information content (AvgIpc) is 3.27. The molecule has 3 rings (SSSR count). The zero-order valence-corrected chi connectivity index (χ0v) is 16.2. The van der Waals surface area contributed by atoms with Crippen molar-refractivity contribution in [1.82, 2.24) is 20.4 Å². The number of hydrogen-bond donors (Lipinski definition) is 2. The van der Waals surface area contributed by atoms with Gasteiger partial charge in [-0.15, -0.1) is 0 Å². The molecule has 2 N–H and O–H groups in total. The highest BCUT2D eigenvalue weighted by Gasteiger charge is 2.25.